The number of nitrogens with zero attached hydrogens (tertiary/aromatic N) is 1. The summed E-state index contributed by atoms with van der Waals surface area (Å²) in [4.78, 5) is 10.0. The zero-order chi connectivity index (χ0) is 9.84. The minimum absolute atomic E-state index is 0.153. The summed E-state index contributed by atoms with van der Waals surface area (Å²) in [6.45, 7) is 1.88. The van der Waals surface area contributed by atoms with Crippen LogP contribution in [0.25, 0.3) is 0 Å². The van der Waals surface area contributed by atoms with E-state index in [-0.39, 0.29) is 10.6 Å². The number of non-ortho nitro benzene ring substituents is 1. The van der Waals surface area contributed by atoms with Crippen LogP contribution in [0.2, 0.25) is 0 Å². The third-order valence-corrected chi connectivity index (χ3v) is 2.14. The fourth-order valence-electron chi connectivity index (χ4n) is 1.19. The van der Waals surface area contributed by atoms with Crippen molar-refractivity contribution in [2.24, 2.45) is 0 Å². The predicted molar refractivity (Wildman–Crippen MR) is 55.4 cm³/mol. The molecule has 0 bridgehead atoms. The fraction of sp³-hybridized carbons (Fsp3) is 0.333. The molecule has 0 aromatic heterocycles. The first kappa shape index (κ1) is 10.1. The molecule has 1 aromatic carbocycles. The lowest BCUT2D eigenvalue weighted by molar-refractivity contribution is -0.384. The van der Waals surface area contributed by atoms with Crippen molar-refractivity contribution < 1.29 is 4.92 Å². The second kappa shape index (κ2) is 4.28. The fourth-order valence-corrected chi connectivity index (χ4v) is 1.44. The Bertz CT molecular complexity index is 325. The van der Waals surface area contributed by atoms with Gasteiger partial charge in [0, 0.05) is 12.1 Å². The lowest BCUT2D eigenvalue weighted by atomic mass is 10.1. The number of thiol groups is 1. The minimum Gasteiger partial charge on any atom is -0.258 e. The highest BCUT2D eigenvalue weighted by Crippen LogP contribution is 2.17. The first-order valence-corrected chi connectivity index (χ1v) is 4.63. The van der Waals surface area contributed by atoms with E-state index in [2.05, 4.69) is 12.6 Å². The molecular formula is C9H11NO2S. The van der Waals surface area contributed by atoms with Crippen molar-refractivity contribution in [1.82, 2.24) is 0 Å². The topological polar surface area (TPSA) is 43.1 Å². The summed E-state index contributed by atoms with van der Waals surface area (Å²) in [6, 6.07) is 4.92. The number of hydrogen-bond acceptors (Lipinski definition) is 3. The van der Waals surface area contributed by atoms with Gasteiger partial charge in [-0.3, -0.25) is 10.1 Å². The zero-order valence-corrected chi connectivity index (χ0v) is 8.25. The summed E-state index contributed by atoms with van der Waals surface area (Å²) in [5, 5.41) is 10.4. The van der Waals surface area contributed by atoms with E-state index in [0.717, 1.165) is 23.3 Å². The molecule has 0 heterocycles. The van der Waals surface area contributed by atoms with Crippen LogP contribution in [-0.2, 0) is 6.42 Å². The van der Waals surface area contributed by atoms with Crippen molar-refractivity contribution in [2.75, 3.05) is 5.75 Å². The number of benzene rings is 1. The van der Waals surface area contributed by atoms with Gasteiger partial charge in [-0.1, -0.05) is 6.07 Å². The van der Waals surface area contributed by atoms with E-state index in [1.807, 2.05) is 6.92 Å². The van der Waals surface area contributed by atoms with Crippen LogP contribution in [-0.4, -0.2) is 10.7 Å². The molecule has 0 saturated carbocycles. The Hall–Kier alpha value is -1.03. The quantitative estimate of drug-likeness (QED) is 0.459. The van der Waals surface area contributed by atoms with E-state index < -0.39 is 0 Å². The van der Waals surface area contributed by atoms with Crippen molar-refractivity contribution >= 4 is 18.3 Å². The maximum absolute atomic E-state index is 10.4. The monoisotopic (exact) mass is 197 g/mol. The zero-order valence-electron chi connectivity index (χ0n) is 7.36. The number of aryl methyl sites for hydroxylation is 2. The summed E-state index contributed by atoms with van der Waals surface area (Å²) >= 11 is 4.11. The van der Waals surface area contributed by atoms with Gasteiger partial charge in [0.1, 0.15) is 0 Å². The maximum Gasteiger partial charge on any atom is 0.269 e. The second-order valence-electron chi connectivity index (χ2n) is 2.84. The highest BCUT2D eigenvalue weighted by atomic mass is 32.1. The van der Waals surface area contributed by atoms with Crippen LogP contribution in [0.3, 0.4) is 0 Å². The van der Waals surface area contributed by atoms with Crippen molar-refractivity contribution in [1.29, 1.82) is 0 Å². The van der Waals surface area contributed by atoms with Crippen molar-refractivity contribution in [3.63, 3.8) is 0 Å². The van der Waals surface area contributed by atoms with Crippen LogP contribution < -0.4 is 0 Å². The molecule has 1 rings (SSSR count). The predicted octanol–water partition coefficient (Wildman–Crippen LogP) is 2.38. The van der Waals surface area contributed by atoms with Gasteiger partial charge in [-0.05, 0) is 30.2 Å². The molecule has 1 aromatic rings. The summed E-state index contributed by atoms with van der Waals surface area (Å²) < 4.78 is 0. The average molecular weight is 197 g/mol. The molecule has 0 saturated heterocycles. The summed E-state index contributed by atoms with van der Waals surface area (Å²) in [5.74, 6) is 0.763. The molecule has 70 valence electrons. The molecule has 0 spiro atoms. The molecule has 3 nitrogen and oxygen atoms in total. The van der Waals surface area contributed by atoms with Gasteiger partial charge >= 0.3 is 0 Å². The molecule has 0 atom stereocenters. The average Bonchev–Trinajstić information content (AvgIpc) is 2.08. The molecule has 0 N–H and O–H groups in total. The molecule has 0 aliphatic carbocycles. The standard InChI is InChI=1S/C9H11NO2S/c1-7-6-9(10(11)12)3-2-8(7)4-5-13/h2-3,6,13H,4-5H2,1H3. The highest BCUT2D eigenvalue weighted by Gasteiger charge is 2.06. The largest absolute Gasteiger partial charge is 0.269 e. The summed E-state index contributed by atoms with van der Waals surface area (Å²) in [6.07, 6.45) is 0.854. The van der Waals surface area contributed by atoms with Crippen molar-refractivity contribution in [3.8, 4) is 0 Å². The van der Waals surface area contributed by atoms with Gasteiger partial charge in [0.2, 0.25) is 0 Å². The van der Waals surface area contributed by atoms with Crippen LogP contribution in [0.5, 0.6) is 0 Å². The van der Waals surface area contributed by atoms with Crippen LogP contribution in [0, 0.1) is 17.0 Å². The molecule has 4 heteroatoms. The van der Waals surface area contributed by atoms with Gasteiger partial charge in [0.05, 0.1) is 4.92 Å². The Morgan fingerprint density at radius 3 is 2.69 bits per heavy atom. The Morgan fingerprint density at radius 2 is 2.23 bits per heavy atom. The Kier molecular flexibility index (Phi) is 3.31. The molecule has 0 unspecified atom stereocenters. The molecular weight excluding hydrogens is 186 g/mol. The third kappa shape index (κ3) is 2.45. The van der Waals surface area contributed by atoms with Crippen molar-refractivity contribution in [2.45, 2.75) is 13.3 Å². The molecule has 0 amide bonds. The molecule has 13 heavy (non-hydrogen) atoms. The van der Waals surface area contributed by atoms with E-state index >= 15 is 0 Å². The van der Waals surface area contributed by atoms with Crippen LogP contribution in [0.15, 0.2) is 18.2 Å². The van der Waals surface area contributed by atoms with E-state index in [1.54, 1.807) is 12.1 Å². The van der Waals surface area contributed by atoms with E-state index in [9.17, 15) is 10.1 Å². The number of rotatable bonds is 3. The van der Waals surface area contributed by atoms with Gasteiger partial charge < -0.3 is 0 Å². The third-order valence-electron chi connectivity index (χ3n) is 1.92. The summed E-state index contributed by atoms with van der Waals surface area (Å²) in [7, 11) is 0. The molecule has 0 aliphatic rings. The lowest BCUT2D eigenvalue weighted by Gasteiger charge is -2.02. The lowest BCUT2D eigenvalue weighted by Crippen LogP contribution is -1.94. The summed E-state index contributed by atoms with van der Waals surface area (Å²) in [5.41, 5.74) is 2.24. The van der Waals surface area contributed by atoms with Gasteiger partial charge in [0.15, 0.2) is 0 Å². The molecule has 0 aliphatic heterocycles. The van der Waals surface area contributed by atoms with Gasteiger partial charge in [-0.2, -0.15) is 12.6 Å². The smallest absolute Gasteiger partial charge is 0.258 e. The SMILES string of the molecule is Cc1cc([N+](=O)[O-])ccc1CCS. The highest BCUT2D eigenvalue weighted by molar-refractivity contribution is 7.80. The Balaban J connectivity index is 2.98. The number of hydrogen-bond donors (Lipinski definition) is 1. The minimum atomic E-state index is -0.378. The van der Waals surface area contributed by atoms with E-state index in [0.29, 0.717) is 0 Å². The van der Waals surface area contributed by atoms with Gasteiger partial charge in [-0.15, -0.1) is 0 Å². The van der Waals surface area contributed by atoms with Crippen LogP contribution >= 0.6 is 12.6 Å². The van der Waals surface area contributed by atoms with Crippen molar-refractivity contribution in [3.05, 3.63) is 39.4 Å². The first-order valence-electron chi connectivity index (χ1n) is 4.00. The number of nitro groups is 1. The first-order chi connectivity index (χ1) is 6.15. The van der Waals surface area contributed by atoms with Gasteiger partial charge in [-0.25, -0.2) is 0 Å². The number of nitro benzene ring substituents is 1. The Labute approximate surface area is 82.3 Å². The van der Waals surface area contributed by atoms with Gasteiger partial charge in [0.25, 0.3) is 5.69 Å². The van der Waals surface area contributed by atoms with E-state index in [4.69, 9.17) is 0 Å². The normalized spacial score (nSPS) is 10.0. The maximum atomic E-state index is 10.4. The molecule has 0 radical (unpaired) electrons. The van der Waals surface area contributed by atoms with Crippen LogP contribution in [0.4, 0.5) is 5.69 Å². The molecule has 0 fully saturated rings. The van der Waals surface area contributed by atoms with Crippen LogP contribution in [0.1, 0.15) is 11.1 Å². The Morgan fingerprint density at radius 1 is 1.54 bits per heavy atom. The van der Waals surface area contributed by atoms with E-state index in [1.165, 1.54) is 6.07 Å². The second-order valence-corrected chi connectivity index (χ2v) is 3.29.